The first kappa shape index (κ1) is 11.1. The van der Waals surface area contributed by atoms with Crippen molar-refractivity contribution in [3.05, 3.63) is 23.3 Å². The molecule has 0 amide bonds. The summed E-state index contributed by atoms with van der Waals surface area (Å²) in [6.07, 6.45) is 4.51. The molecule has 1 saturated carbocycles. The van der Waals surface area contributed by atoms with Crippen LogP contribution in [0.5, 0.6) is 0 Å². The third-order valence-electron chi connectivity index (χ3n) is 4.95. The fourth-order valence-corrected chi connectivity index (χ4v) is 3.82. The molecular formula is C15H20O2. The van der Waals surface area contributed by atoms with Crippen molar-refractivity contribution in [2.75, 3.05) is 0 Å². The van der Waals surface area contributed by atoms with E-state index in [1.807, 2.05) is 6.92 Å². The first-order valence-electron chi connectivity index (χ1n) is 6.66. The molecule has 0 radical (unpaired) electrons. The lowest BCUT2D eigenvalue weighted by Gasteiger charge is -2.24. The number of hydrogen-bond acceptors (Lipinski definition) is 2. The molecule has 3 rings (SSSR count). The SMILES string of the molecule is C=C1CCC2=C(C)CCC3C(C)C(=O)OC3C12. The molecule has 1 heterocycles. The van der Waals surface area contributed by atoms with E-state index in [1.165, 1.54) is 16.7 Å². The molecule has 0 aromatic carbocycles. The third-order valence-corrected chi connectivity index (χ3v) is 4.95. The third kappa shape index (κ3) is 1.50. The highest BCUT2D eigenvalue weighted by molar-refractivity contribution is 5.75. The zero-order valence-electron chi connectivity index (χ0n) is 10.7. The molecule has 3 aliphatic rings. The molecule has 2 heteroatoms. The highest BCUT2D eigenvalue weighted by Gasteiger charge is 2.49. The minimum atomic E-state index is -0.00129. The fraction of sp³-hybridized carbons (Fsp3) is 0.667. The van der Waals surface area contributed by atoms with Gasteiger partial charge in [-0.3, -0.25) is 4.79 Å². The van der Waals surface area contributed by atoms with Crippen LogP contribution >= 0.6 is 0 Å². The summed E-state index contributed by atoms with van der Waals surface area (Å²) in [5.74, 6) is 0.797. The molecule has 4 unspecified atom stereocenters. The number of esters is 1. The van der Waals surface area contributed by atoms with E-state index in [4.69, 9.17) is 4.74 Å². The van der Waals surface area contributed by atoms with Crippen LogP contribution in [0, 0.1) is 17.8 Å². The number of hydrogen-bond donors (Lipinski definition) is 0. The van der Waals surface area contributed by atoms with Gasteiger partial charge in [0.25, 0.3) is 0 Å². The monoisotopic (exact) mass is 232 g/mol. The molecule has 0 N–H and O–H groups in total. The van der Waals surface area contributed by atoms with Crippen molar-refractivity contribution >= 4 is 5.97 Å². The van der Waals surface area contributed by atoms with Crippen LogP contribution in [0.3, 0.4) is 0 Å². The van der Waals surface area contributed by atoms with Gasteiger partial charge < -0.3 is 4.74 Å². The summed E-state index contributed by atoms with van der Waals surface area (Å²) in [6.45, 7) is 8.46. The standard InChI is InChI=1S/C15H20O2/c1-8-4-7-12-10(3)15(16)17-14(12)13-9(2)5-6-11(8)13/h10,12-14H,2,4-7H2,1,3H3. The lowest BCUT2D eigenvalue weighted by molar-refractivity contribution is -0.144. The maximum absolute atomic E-state index is 11.8. The summed E-state index contributed by atoms with van der Waals surface area (Å²) < 4.78 is 5.66. The van der Waals surface area contributed by atoms with Gasteiger partial charge in [0.2, 0.25) is 0 Å². The van der Waals surface area contributed by atoms with E-state index < -0.39 is 0 Å². The van der Waals surface area contributed by atoms with Crippen LogP contribution in [0.15, 0.2) is 23.3 Å². The Morgan fingerprint density at radius 3 is 2.82 bits per heavy atom. The summed E-state index contributed by atoms with van der Waals surface area (Å²) in [5, 5.41) is 0. The highest BCUT2D eigenvalue weighted by Crippen LogP contribution is 2.50. The van der Waals surface area contributed by atoms with Crippen LogP contribution in [-0.4, -0.2) is 12.1 Å². The van der Waals surface area contributed by atoms with Gasteiger partial charge in [0, 0.05) is 11.8 Å². The van der Waals surface area contributed by atoms with Crippen molar-refractivity contribution in [1.29, 1.82) is 0 Å². The number of fused-ring (bicyclic) bond motifs is 3. The van der Waals surface area contributed by atoms with E-state index >= 15 is 0 Å². The summed E-state index contributed by atoms with van der Waals surface area (Å²) in [4.78, 5) is 11.8. The average molecular weight is 232 g/mol. The first-order chi connectivity index (χ1) is 8.09. The Hall–Kier alpha value is -1.05. The number of ether oxygens (including phenoxy) is 1. The molecular weight excluding hydrogens is 212 g/mol. The summed E-state index contributed by atoms with van der Waals surface area (Å²) in [6, 6.07) is 0. The van der Waals surface area contributed by atoms with E-state index in [0.29, 0.717) is 11.8 Å². The summed E-state index contributed by atoms with van der Waals surface area (Å²) >= 11 is 0. The van der Waals surface area contributed by atoms with Crippen molar-refractivity contribution < 1.29 is 9.53 Å². The molecule has 1 saturated heterocycles. The van der Waals surface area contributed by atoms with Crippen molar-refractivity contribution in [3.8, 4) is 0 Å². The van der Waals surface area contributed by atoms with Crippen LogP contribution in [-0.2, 0) is 9.53 Å². The highest BCUT2D eigenvalue weighted by atomic mass is 16.6. The van der Waals surface area contributed by atoms with Gasteiger partial charge >= 0.3 is 5.97 Å². The maximum Gasteiger partial charge on any atom is 0.309 e. The Labute approximate surface area is 103 Å². The minimum Gasteiger partial charge on any atom is -0.461 e. The number of carbonyl (C=O) groups excluding carboxylic acids is 1. The van der Waals surface area contributed by atoms with Gasteiger partial charge in [0.15, 0.2) is 0 Å². The smallest absolute Gasteiger partial charge is 0.309 e. The topological polar surface area (TPSA) is 26.3 Å². The minimum absolute atomic E-state index is 0.00129. The van der Waals surface area contributed by atoms with E-state index in [-0.39, 0.29) is 18.0 Å². The molecule has 2 fully saturated rings. The molecule has 17 heavy (non-hydrogen) atoms. The number of carbonyl (C=O) groups is 1. The van der Waals surface area contributed by atoms with Gasteiger partial charge in [-0.1, -0.05) is 30.2 Å². The predicted molar refractivity (Wildman–Crippen MR) is 66.3 cm³/mol. The van der Waals surface area contributed by atoms with Gasteiger partial charge in [-0.2, -0.15) is 0 Å². The average Bonchev–Trinajstić information content (AvgIpc) is 2.75. The lowest BCUT2D eigenvalue weighted by atomic mass is 9.81. The van der Waals surface area contributed by atoms with Crippen molar-refractivity contribution in [3.63, 3.8) is 0 Å². The van der Waals surface area contributed by atoms with Gasteiger partial charge in [0.1, 0.15) is 6.10 Å². The Balaban J connectivity index is 2.02. The van der Waals surface area contributed by atoms with Crippen LogP contribution in [0.1, 0.15) is 39.5 Å². The van der Waals surface area contributed by atoms with Crippen molar-refractivity contribution in [2.45, 2.75) is 45.6 Å². The van der Waals surface area contributed by atoms with Gasteiger partial charge in [0.05, 0.1) is 5.92 Å². The van der Waals surface area contributed by atoms with Crippen LogP contribution in [0.2, 0.25) is 0 Å². The van der Waals surface area contributed by atoms with E-state index in [0.717, 1.165) is 25.7 Å². The summed E-state index contributed by atoms with van der Waals surface area (Å²) in [5.41, 5.74) is 4.31. The predicted octanol–water partition coefficient (Wildman–Crippen LogP) is 3.24. The summed E-state index contributed by atoms with van der Waals surface area (Å²) in [7, 11) is 0. The first-order valence-corrected chi connectivity index (χ1v) is 6.66. The van der Waals surface area contributed by atoms with E-state index in [9.17, 15) is 4.79 Å². The molecule has 4 atom stereocenters. The van der Waals surface area contributed by atoms with Crippen LogP contribution in [0.4, 0.5) is 0 Å². The molecule has 0 aromatic heterocycles. The molecule has 0 aromatic rings. The van der Waals surface area contributed by atoms with Gasteiger partial charge in [-0.25, -0.2) is 0 Å². The number of allylic oxidation sites excluding steroid dienone is 1. The molecule has 2 aliphatic carbocycles. The molecule has 92 valence electrons. The quantitative estimate of drug-likeness (QED) is 0.473. The normalized spacial score (nSPS) is 41.1. The Morgan fingerprint density at radius 2 is 2.06 bits per heavy atom. The molecule has 1 aliphatic heterocycles. The van der Waals surface area contributed by atoms with Crippen LogP contribution in [0.25, 0.3) is 0 Å². The molecule has 0 spiro atoms. The molecule has 2 nitrogen and oxygen atoms in total. The Bertz CT molecular complexity index is 419. The Morgan fingerprint density at radius 1 is 1.29 bits per heavy atom. The van der Waals surface area contributed by atoms with Gasteiger partial charge in [-0.05, 0) is 32.6 Å². The second kappa shape index (κ2) is 3.72. The molecule has 0 bridgehead atoms. The zero-order chi connectivity index (χ0) is 12.2. The van der Waals surface area contributed by atoms with E-state index in [2.05, 4.69) is 13.5 Å². The van der Waals surface area contributed by atoms with Gasteiger partial charge in [-0.15, -0.1) is 0 Å². The van der Waals surface area contributed by atoms with E-state index in [1.54, 1.807) is 0 Å². The lowest BCUT2D eigenvalue weighted by Crippen LogP contribution is -2.27. The largest absolute Gasteiger partial charge is 0.461 e. The second-order valence-electron chi connectivity index (χ2n) is 5.83. The van der Waals surface area contributed by atoms with Crippen LogP contribution < -0.4 is 0 Å². The fourth-order valence-electron chi connectivity index (χ4n) is 3.82. The zero-order valence-corrected chi connectivity index (χ0v) is 10.7. The van der Waals surface area contributed by atoms with Crippen molar-refractivity contribution in [1.82, 2.24) is 0 Å². The maximum atomic E-state index is 11.8. The van der Waals surface area contributed by atoms with Crippen molar-refractivity contribution in [2.24, 2.45) is 17.8 Å². The Kier molecular flexibility index (Phi) is 2.42. The second-order valence-corrected chi connectivity index (χ2v) is 5.83. The number of rotatable bonds is 0.